The van der Waals surface area contributed by atoms with Crippen LogP contribution >= 0.6 is 0 Å². The lowest BCUT2D eigenvalue weighted by Gasteiger charge is -2.18. The molecule has 0 amide bonds. The summed E-state index contributed by atoms with van der Waals surface area (Å²) < 4.78 is 5.19. The molecule has 1 heterocycles. The van der Waals surface area contributed by atoms with Crippen LogP contribution in [0, 0.1) is 0 Å². The minimum absolute atomic E-state index is 0.186. The molecule has 1 aliphatic heterocycles. The summed E-state index contributed by atoms with van der Waals surface area (Å²) in [6.07, 6.45) is 2.76. The van der Waals surface area contributed by atoms with Gasteiger partial charge in [0.25, 0.3) is 0 Å². The highest BCUT2D eigenvalue weighted by atomic mass is 16.5. The van der Waals surface area contributed by atoms with Crippen molar-refractivity contribution in [1.82, 2.24) is 0 Å². The Labute approximate surface area is 124 Å². The highest BCUT2D eigenvalue weighted by molar-refractivity contribution is 6.03. The molecule has 0 fully saturated rings. The van der Waals surface area contributed by atoms with Crippen LogP contribution in [0.15, 0.2) is 47.5 Å². The maximum atomic E-state index is 9.99. The standard InChI is InChI=1S/C18H19NO2/c1-21-18-11-14-9-10-19-16(15(14)12-17(18)20)8-7-13-5-3-2-4-6-13/h2-6,11-12,20H,7-10H2,1H3. The van der Waals surface area contributed by atoms with Gasteiger partial charge in [-0.1, -0.05) is 30.3 Å². The van der Waals surface area contributed by atoms with Gasteiger partial charge in [0.2, 0.25) is 0 Å². The monoisotopic (exact) mass is 281 g/mol. The molecule has 2 aromatic rings. The lowest BCUT2D eigenvalue weighted by molar-refractivity contribution is 0.373. The fraction of sp³-hybridized carbons (Fsp3) is 0.278. The third-order valence-corrected chi connectivity index (χ3v) is 3.89. The van der Waals surface area contributed by atoms with Crippen LogP contribution in [-0.4, -0.2) is 24.5 Å². The summed E-state index contributed by atoms with van der Waals surface area (Å²) >= 11 is 0. The Kier molecular flexibility index (Phi) is 3.91. The van der Waals surface area contributed by atoms with Crippen LogP contribution in [0.1, 0.15) is 23.1 Å². The van der Waals surface area contributed by atoms with Crippen molar-refractivity contribution >= 4 is 5.71 Å². The number of hydrogen-bond donors (Lipinski definition) is 1. The van der Waals surface area contributed by atoms with Gasteiger partial charge in [0.05, 0.1) is 7.11 Å². The number of phenolic OH excluding ortho intramolecular Hbond substituents is 1. The molecule has 3 nitrogen and oxygen atoms in total. The summed E-state index contributed by atoms with van der Waals surface area (Å²) in [7, 11) is 1.58. The molecule has 0 radical (unpaired) electrons. The van der Waals surface area contributed by atoms with Gasteiger partial charge in [0, 0.05) is 17.8 Å². The lowest BCUT2D eigenvalue weighted by atomic mass is 9.93. The first-order chi connectivity index (χ1) is 10.3. The first kappa shape index (κ1) is 13.7. The molecule has 108 valence electrons. The fourth-order valence-electron chi connectivity index (χ4n) is 2.77. The fourth-order valence-corrected chi connectivity index (χ4v) is 2.77. The molecule has 21 heavy (non-hydrogen) atoms. The third kappa shape index (κ3) is 2.92. The topological polar surface area (TPSA) is 41.8 Å². The highest BCUT2D eigenvalue weighted by Crippen LogP contribution is 2.32. The molecule has 0 atom stereocenters. The van der Waals surface area contributed by atoms with Crippen molar-refractivity contribution in [3.8, 4) is 11.5 Å². The molecule has 1 aliphatic rings. The number of fused-ring (bicyclic) bond motifs is 1. The van der Waals surface area contributed by atoms with E-state index in [2.05, 4.69) is 29.3 Å². The van der Waals surface area contributed by atoms with Gasteiger partial charge in [-0.3, -0.25) is 4.99 Å². The average molecular weight is 281 g/mol. The summed E-state index contributed by atoms with van der Waals surface area (Å²) in [5.74, 6) is 0.726. The molecular formula is C18H19NO2. The molecular weight excluding hydrogens is 262 g/mol. The first-order valence-electron chi connectivity index (χ1n) is 7.25. The van der Waals surface area contributed by atoms with E-state index in [1.807, 2.05) is 12.1 Å². The Morgan fingerprint density at radius 2 is 1.95 bits per heavy atom. The zero-order valence-electron chi connectivity index (χ0n) is 12.2. The number of aryl methyl sites for hydroxylation is 1. The van der Waals surface area contributed by atoms with Crippen LogP contribution in [0.25, 0.3) is 0 Å². The summed E-state index contributed by atoms with van der Waals surface area (Å²) in [5, 5.41) is 9.99. The van der Waals surface area contributed by atoms with Crippen LogP contribution in [0.3, 0.4) is 0 Å². The zero-order valence-corrected chi connectivity index (χ0v) is 12.2. The van der Waals surface area contributed by atoms with Crippen LogP contribution in [0.4, 0.5) is 0 Å². The zero-order chi connectivity index (χ0) is 14.7. The number of phenols is 1. The first-order valence-corrected chi connectivity index (χ1v) is 7.25. The Bertz CT molecular complexity index is 662. The molecule has 0 aliphatic carbocycles. The Hall–Kier alpha value is -2.29. The molecule has 3 heteroatoms. The van der Waals surface area contributed by atoms with E-state index in [0.29, 0.717) is 5.75 Å². The van der Waals surface area contributed by atoms with Gasteiger partial charge >= 0.3 is 0 Å². The Balaban J connectivity index is 1.82. The molecule has 1 N–H and O–H groups in total. The van der Waals surface area contributed by atoms with Gasteiger partial charge < -0.3 is 9.84 Å². The SMILES string of the molecule is COc1cc2c(cc1O)C(CCc1ccccc1)=NCC2. The van der Waals surface area contributed by atoms with E-state index >= 15 is 0 Å². The van der Waals surface area contributed by atoms with E-state index in [0.717, 1.165) is 37.1 Å². The number of benzene rings is 2. The van der Waals surface area contributed by atoms with E-state index in [4.69, 9.17) is 4.74 Å². The molecule has 0 aromatic heterocycles. The number of aliphatic imine (C=N–C) groups is 1. The largest absolute Gasteiger partial charge is 0.504 e. The van der Waals surface area contributed by atoms with Crippen molar-refractivity contribution in [2.75, 3.05) is 13.7 Å². The maximum Gasteiger partial charge on any atom is 0.160 e. The van der Waals surface area contributed by atoms with Crippen molar-refractivity contribution in [3.63, 3.8) is 0 Å². The van der Waals surface area contributed by atoms with Gasteiger partial charge in [0.1, 0.15) is 0 Å². The Morgan fingerprint density at radius 3 is 2.71 bits per heavy atom. The smallest absolute Gasteiger partial charge is 0.160 e. The number of nitrogens with zero attached hydrogens (tertiary/aromatic N) is 1. The minimum Gasteiger partial charge on any atom is -0.504 e. The number of hydrogen-bond acceptors (Lipinski definition) is 3. The summed E-state index contributed by atoms with van der Waals surface area (Å²) in [6, 6.07) is 14.1. The van der Waals surface area contributed by atoms with E-state index in [1.54, 1.807) is 13.2 Å². The van der Waals surface area contributed by atoms with Crippen molar-refractivity contribution < 1.29 is 9.84 Å². The third-order valence-electron chi connectivity index (χ3n) is 3.89. The van der Waals surface area contributed by atoms with Crippen LogP contribution in [0.2, 0.25) is 0 Å². The van der Waals surface area contributed by atoms with Gasteiger partial charge in [-0.2, -0.15) is 0 Å². The van der Waals surface area contributed by atoms with Gasteiger partial charge in [-0.15, -0.1) is 0 Å². The number of rotatable bonds is 4. The van der Waals surface area contributed by atoms with Crippen molar-refractivity contribution in [3.05, 3.63) is 59.2 Å². The second-order valence-electron chi connectivity index (χ2n) is 5.25. The van der Waals surface area contributed by atoms with E-state index in [-0.39, 0.29) is 5.75 Å². The minimum atomic E-state index is 0.186. The second kappa shape index (κ2) is 6.00. The van der Waals surface area contributed by atoms with E-state index in [1.165, 1.54) is 11.1 Å². The van der Waals surface area contributed by atoms with Crippen LogP contribution < -0.4 is 4.74 Å². The predicted molar refractivity (Wildman–Crippen MR) is 84.5 cm³/mol. The second-order valence-corrected chi connectivity index (χ2v) is 5.25. The van der Waals surface area contributed by atoms with Gasteiger partial charge in [-0.05, 0) is 42.5 Å². The van der Waals surface area contributed by atoms with Crippen LogP contribution in [-0.2, 0) is 12.8 Å². The summed E-state index contributed by atoms with van der Waals surface area (Å²) in [5.41, 5.74) is 4.67. The van der Waals surface area contributed by atoms with Crippen molar-refractivity contribution in [2.45, 2.75) is 19.3 Å². The molecule has 2 aromatic carbocycles. The molecule has 0 saturated heterocycles. The molecule has 0 unspecified atom stereocenters. The average Bonchev–Trinajstić information content (AvgIpc) is 2.53. The lowest BCUT2D eigenvalue weighted by Crippen LogP contribution is -2.14. The van der Waals surface area contributed by atoms with E-state index < -0.39 is 0 Å². The molecule has 0 bridgehead atoms. The quantitative estimate of drug-likeness (QED) is 0.933. The number of ether oxygens (including phenoxy) is 1. The molecule has 3 rings (SSSR count). The molecule has 0 spiro atoms. The highest BCUT2D eigenvalue weighted by Gasteiger charge is 2.17. The maximum absolute atomic E-state index is 9.99. The van der Waals surface area contributed by atoms with Gasteiger partial charge in [0.15, 0.2) is 11.5 Å². The van der Waals surface area contributed by atoms with Crippen molar-refractivity contribution in [1.29, 1.82) is 0 Å². The normalized spacial score (nSPS) is 13.5. The van der Waals surface area contributed by atoms with Crippen LogP contribution in [0.5, 0.6) is 11.5 Å². The number of methoxy groups -OCH3 is 1. The summed E-state index contributed by atoms with van der Waals surface area (Å²) in [4.78, 5) is 4.65. The summed E-state index contributed by atoms with van der Waals surface area (Å²) in [6.45, 7) is 0.811. The Morgan fingerprint density at radius 1 is 1.14 bits per heavy atom. The van der Waals surface area contributed by atoms with E-state index in [9.17, 15) is 5.11 Å². The molecule has 0 saturated carbocycles. The number of aromatic hydroxyl groups is 1. The van der Waals surface area contributed by atoms with Crippen molar-refractivity contribution in [2.24, 2.45) is 4.99 Å². The predicted octanol–water partition coefficient (Wildman–Crippen LogP) is 3.38. The van der Waals surface area contributed by atoms with Gasteiger partial charge in [-0.25, -0.2) is 0 Å².